The summed E-state index contributed by atoms with van der Waals surface area (Å²) in [6.07, 6.45) is 3.46. The van der Waals surface area contributed by atoms with Crippen LogP contribution in [0.5, 0.6) is 0 Å². The summed E-state index contributed by atoms with van der Waals surface area (Å²) in [6, 6.07) is 12.8. The number of rotatable bonds is 4. The second-order valence-corrected chi connectivity index (χ2v) is 7.08. The van der Waals surface area contributed by atoms with Crippen molar-refractivity contribution in [2.75, 3.05) is 10.6 Å². The van der Waals surface area contributed by atoms with E-state index in [1.54, 1.807) is 36.4 Å². The first-order valence-corrected chi connectivity index (χ1v) is 9.12. The summed E-state index contributed by atoms with van der Waals surface area (Å²) >= 11 is 17.5. The number of hydrogen-bond donors (Lipinski definition) is 3. The van der Waals surface area contributed by atoms with E-state index in [0.29, 0.717) is 27.3 Å². The monoisotopic (exact) mass is 393 g/mol. The Hall–Kier alpha value is -1.82. The third-order valence-electron chi connectivity index (χ3n) is 4.04. The van der Waals surface area contributed by atoms with Crippen molar-refractivity contribution >= 4 is 57.8 Å². The van der Waals surface area contributed by atoms with E-state index in [2.05, 4.69) is 16.0 Å². The second-order valence-electron chi connectivity index (χ2n) is 5.86. The van der Waals surface area contributed by atoms with Crippen LogP contribution >= 0.6 is 35.4 Å². The molecule has 0 radical (unpaired) electrons. The van der Waals surface area contributed by atoms with Crippen LogP contribution in [0.1, 0.15) is 29.6 Å². The number of anilines is 2. The van der Waals surface area contributed by atoms with Crippen molar-refractivity contribution in [3.05, 3.63) is 58.1 Å². The molecule has 3 N–H and O–H groups in total. The molecule has 0 heterocycles. The Labute approximate surface area is 161 Å². The van der Waals surface area contributed by atoms with Gasteiger partial charge in [-0.3, -0.25) is 10.1 Å². The van der Waals surface area contributed by atoms with Crippen LogP contribution < -0.4 is 16.0 Å². The van der Waals surface area contributed by atoms with Gasteiger partial charge in [-0.2, -0.15) is 0 Å². The Morgan fingerprint density at radius 2 is 1.68 bits per heavy atom. The Bertz CT molecular complexity index is 794. The highest BCUT2D eigenvalue weighted by Gasteiger charge is 2.19. The number of amides is 1. The van der Waals surface area contributed by atoms with Crippen molar-refractivity contribution < 1.29 is 4.79 Å². The average molecular weight is 394 g/mol. The van der Waals surface area contributed by atoms with Gasteiger partial charge >= 0.3 is 0 Å². The maximum absolute atomic E-state index is 12.2. The maximum Gasteiger partial charge on any atom is 0.257 e. The molecule has 0 aliphatic heterocycles. The third-order valence-corrected chi connectivity index (χ3v) is 4.96. The van der Waals surface area contributed by atoms with Crippen LogP contribution in [0, 0.1) is 0 Å². The van der Waals surface area contributed by atoms with E-state index in [1.165, 1.54) is 6.42 Å². The fourth-order valence-corrected chi connectivity index (χ4v) is 2.99. The molecule has 1 amide bonds. The smallest absolute Gasteiger partial charge is 0.257 e. The average Bonchev–Trinajstić information content (AvgIpc) is 2.55. The number of nitrogens with one attached hydrogen (secondary N) is 3. The molecular weight excluding hydrogens is 377 g/mol. The van der Waals surface area contributed by atoms with Crippen molar-refractivity contribution in [1.29, 1.82) is 0 Å². The van der Waals surface area contributed by atoms with Crippen molar-refractivity contribution in [3.63, 3.8) is 0 Å². The molecule has 0 atom stereocenters. The predicted octanol–water partition coefficient (Wildman–Crippen LogP) is 5.08. The molecule has 2 aromatic carbocycles. The van der Waals surface area contributed by atoms with Gasteiger partial charge in [0.2, 0.25) is 0 Å². The van der Waals surface area contributed by atoms with Crippen molar-refractivity contribution in [2.45, 2.75) is 25.3 Å². The van der Waals surface area contributed by atoms with Gasteiger partial charge in [0.15, 0.2) is 5.11 Å². The first-order chi connectivity index (χ1) is 12.0. The largest absolute Gasteiger partial charge is 0.381 e. The van der Waals surface area contributed by atoms with Gasteiger partial charge < -0.3 is 10.6 Å². The molecule has 1 fully saturated rings. The molecular formula is C18H17Cl2N3OS. The number of carbonyl (C=O) groups excluding carboxylic acids is 1. The van der Waals surface area contributed by atoms with Crippen molar-refractivity contribution in [3.8, 4) is 0 Å². The van der Waals surface area contributed by atoms with Crippen LogP contribution in [0.4, 0.5) is 11.4 Å². The Balaban J connectivity index is 1.71. The van der Waals surface area contributed by atoms with Gasteiger partial charge in [-0.05, 0) is 55.7 Å². The summed E-state index contributed by atoms with van der Waals surface area (Å²) in [6.45, 7) is 0. The molecule has 4 nitrogen and oxygen atoms in total. The zero-order valence-electron chi connectivity index (χ0n) is 13.3. The van der Waals surface area contributed by atoms with Gasteiger partial charge in [0.25, 0.3) is 5.91 Å². The minimum absolute atomic E-state index is 0.198. The van der Waals surface area contributed by atoms with Crippen LogP contribution in [-0.4, -0.2) is 17.1 Å². The fourth-order valence-electron chi connectivity index (χ4n) is 2.46. The SMILES string of the molecule is O=C(NC(=S)Nc1cc(Cl)c(Cl)cc1NC1CCC1)c1ccccc1. The molecule has 1 aliphatic rings. The van der Waals surface area contributed by atoms with E-state index < -0.39 is 0 Å². The highest BCUT2D eigenvalue weighted by molar-refractivity contribution is 7.80. The summed E-state index contributed by atoms with van der Waals surface area (Å²) in [5, 5.41) is 10.2. The predicted molar refractivity (Wildman–Crippen MR) is 108 cm³/mol. The van der Waals surface area contributed by atoms with Gasteiger partial charge in [0.05, 0.1) is 21.4 Å². The summed E-state index contributed by atoms with van der Waals surface area (Å²) in [5.41, 5.74) is 2.03. The first-order valence-electron chi connectivity index (χ1n) is 7.96. The molecule has 25 heavy (non-hydrogen) atoms. The number of hydrogen-bond acceptors (Lipinski definition) is 3. The van der Waals surface area contributed by atoms with E-state index in [1.807, 2.05) is 6.07 Å². The van der Waals surface area contributed by atoms with Gasteiger partial charge in [-0.25, -0.2) is 0 Å². The molecule has 3 rings (SSSR count). The topological polar surface area (TPSA) is 53.2 Å². The van der Waals surface area contributed by atoms with Crippen molar-refractivity contribution in [2.24, 2.45) is 0 Å². The zero-order chi connectivity index (χ0) is 17.8. The van der Waals surface area contributed by atoms with Gasteiger partial charge in [-0.15, -0.1) is 0 Å². The molecule has 7 heteroatoms. The highest BCUT2D eigenvalue weighted by atomic mass is 35.5. The lowest BCUT2D eigenvalue weighted by atomic mass is 9.93. The molecule has 130 valence electrons. The Kier molecular flexibility index (Phi) is 5.78. The molecule has 0 unspecified atom stereocenters. The van der Waals surface area contributed by atoms with Crippen LogP contribution in [0.15, 0.2) is 42.5 Å². The van der Waals surface area contributed by atoms with Crippen LogP contribution in [0.2, 0.25) is 10.0 Å². The number of thiocarbonyl (C=S) groups is 1. The lowest BCUT2D eigenvalue weighted by molar-refractivity contribution is 0.0977. The van der Waals surface area contributed by atoms with E-state index in [-0.39, 0.29) is 11.0 Å². The van der Waals surface area contributed by atoms with Gasteiger partial charge in [-0.1, -0.05) is 41.4 Å². The molecule has 0 saturated heterocycles. The summed E-state index contributed by atoms with van der Waals surface area (Å²) in [7, 11) is 0. The van der Waals surface area contributed by atoms with Crippen molar-refractivity contribution in [1.82, 2.24) is 5.32 Å². The molecule has 1 aliphatic carbocycles. The fraction of sp³-hybridized carbons (Fsp3) is 0.222. The first kappa shape index (κ1) is 18.0. The Morgan fingerprint density at radius 3 is 2.28 bits per heavy atom. The zero-order valence-corrected chi connectivity index (χ0v) is 15.6. The number of halogens is 2. The van der Waals surface area contributed by atoms with E-state index in [9.17, 15) is 4.79 Å². The Morgan fingerprint density at radius 1 is 1.04 bits per heavy atom. The third kappa shape index (κ3) is 4.63. The normalized spacial score (nSPS) is 13.7. The maximum atomic E-state index is 12.2. The standard InChI is InChI=1S/C18H17Cl2N3OS/c19-13-9-15(21-12-7-4-8-12)16(10-14(13)20)22-18(25)23-17(24)11-5-2-1-3-6-11/h1-3,5-6,9-10,12,21H,4,7-8H2,(H2,22,23,24,25). The van der Waals surface area contributed by atoms with Gasteiger partial charge in [0.1, 0.15) is 0 Å². The van der Waals surface area contributed by atoms with Gasteiger partial charge in [0, 0.05) is 11.6 Å². The quantitative estimate of drug-likeness (QED) is 0.633. The van der Waals surface area contributed by atoms with E-state index in [4.69, 9.17) is 35.4 Å². The number of carbonyl (C=O) groups is 1. The molecule has 0 bridgehead atoms. The minimum Gasteiger partial charge on any atom is -0.381 e. The van der Waals surface area contributed by atoms with Crippen LogP contribution in [-0.2, 0) is 0 Å². The number of benzene rings is 2. The summed E-state index contributed by atoms with van der Waals surface area (Å²) < 4.78 is 0. The molecule has 0 spiro atoms. The van der Waals surface area contributed by atoms with Crippen LogP contribution in [0.25, 0.3) is 0 Å². The van der Waals surface area contributed by atoms with E-state index in [0.717, 1.165) is 18.5 Å². The molecule has 2 aromatic rings. The molecule has 1 saturated carbocycles. The lowest BCUT2D eigenvalue weighted by Crippen LogP contribution is -2.34. The minimum atomic E-state index is -0.272. The second kappa shape index (κ2) is 8.04. The van der Waals surface area contributed by atoms with E-state index >= 15 is 0 Å². The highest BCUT2D eigenvalue weighted by Crippen LogP contribution is 2.35. The summed E-state index contributed by atoms with van der Waals surface area (Å²) in [4.78, 5) is 12.2. The van der Waals surface area contributed by atoms with Crippen LogP contribution in [0.3, 0.4) is 0 Å². The molecule has 0 aromatic heterocycles. The summed E-state index contributed by atoms with van der Waals surface area (Å²) in [5.74, 6) is -0.272. The lowest BCUT2D eigenvalue weighted by Gasteiger charge is -2.29.